The van der Waals surface area contributed by atoms with E-state index in [-0.39, 0.29) is 0 Å². The van der Waals surface area contributed by atoms with Crippen LogP contribution in [0.3, 0.4) is 0 Å². The summed E-state index contributed by atoms with van der Waals surface area (Å²) < 4.78 is 2.06. The molecule has 0 atom stereocenters. The van der Waals surface area contributed by atoms with Crippen LogP contribution >= 0.6 is 0 Å². The summed E-state index contributed by atoms with van der Waals surface area (Å²) >= 11 is 0. The quantitative estimate of drug-likeness (QED) is 0.337. The van der Waals surface area contributed by atoms with Crippen LogP contribution in [0.1, 0.15) is 29.4 Å². The van der Waals surface area contributed by atoms with Crippen molar-refractivity contribution >= 4 is 12.4 Å². The maximum absolute atomic E-state index is 10.3. The zero-order valence-electron chi connectivity index (χ0n) is 10.7. The lowest BCUT2D eigenvalue weighted by atomic mass is 10.1. The molecule has 0 aliphatic rings. The Morgan fingerprint density at radius 2 is 2.06 bits per heavy atom. The Hall–Kier alpha value is -2.01. The van der Waals surface area contributed by atoms with Crippen molar-refractivity contribution in [3.8, 4) is 12.3 Å². The molecule has 0 radical (unpaired) electrons. The Kier molecular flexibility index (Phi) is 4.12. The number of allylic oxidation sites excluding steroid dienone is 3. The Bertz CT molecular complexity index is 536. The van der Waals surface area contributed by atoms with E-state index in [0.717, 1.165) is 34.4 Å². The number of hydrogen-bond acceptors (Lipinski definition) is 1. The summed E-state index contributed by atoms with van der Waals surface area (Å²) in [7, 11) is 1.99. The molecule has 0 bridgehead atoms. The predicted octanol–water partition coefficient (Wildman–Crippen LogP) is 2.78. The summed E-state index contributed by atoms with van der Waals surface area (Å²) in [5.41, 5.74) is 5.13. The molecule has 2 heteroatoms. The second-order valence-electron chi connectivity index (χ2n) is 4.05. The number of rotatable bonds is 3. The molecule has 0 N–H and O–H groups in total. The third kappa shape index (κ3) is 2.57. The molecule has 0 aliphatic carbocycles. The molecule has 0 saturated heterocycles. The molecule has 0 spiro atoms. The maximum atomic E-state index is 10.3. The summed E-state index contributed by atoms with van der Waals surface area (Å²) in [6.07, 6.45) is 11.7. The van der Waals surface area contributed by atoms with Crippen molar-refractivity contribution in [2.24, 2.45) is 7.05 Å². The van der Waals surface area contributed by atoms with E-state index in [0.29, 0.717) is 0 Å². The van der Waals surface area contributed by atoms with Gasteiger partial charge in [0.2, 0.25) is 0 Å². The van der Waals surface area contributed by atoms with Gasteiger partial charge in [0.15, 0.2) is 0 Å². The van der Waals surface area contributed by atoms with Gasteiger partial charge in [-0.1, -0.05) is 12.0 Å². The van der Waals surface area contributed by atoms with E-state index in [9.17, 15) is 4.79 Å². The first-order valence-electron chi connectivity index (χ1n) is 5.45. The van der Waals surface area contributed by atoms with E-state index < -0.39 is 0 Å². The molecule has 17 heavy (non-hydrogen) atoms. The highest BCUT2D eigenvalue weighted by atomic mass is 16.1. The fraction of sp³-hybridized carbons (Fsp3) is 0.267. The van der Waals surface area contributed by atoms with Gasteiger partial charge in [0.1, 0.15) is 6.29 Å². The van der Waals surface area contributed by atoms with Crippen LogP contribution in [-0.4, -0.2) is 10.9 Å². The lowest BCUT2D eigenvalue weighted by Gasteiger charge is -2.00. The van der Waals surface area contributed by atoms with Crippen LogP contribution in [0.15, 0.2) is 17.7 Å². The van der Waals surface area contributed by atoms with Gasteiger partial charge >= 0.3 is 0 Å². The van der Waals surface area contributed by atoms with Gasteiger partial charge in [-0.05, 0) is 44.1 Å². The standard InChI is InChI=1S/C15H17NO/c1-6-14-12(3)15(16(5)13(14)4)8-7-11(2)9-10-17/h1,7-10H,2-5H3/b8-7+,11-9+. The highest BCUT2D eigenvalue weighted by Crippen LogP contribution is 2.21. The van der Waals surface area contributed by atoms with Gasteiger partial charge in [-0.15, -0.1) is 6.42 Å². The van der Waals surface area contributed by atoms with Crippen LogP contribution in [0.2, 0.25) is 0 Å². The molecule has 0 unspecified atom stereocenters. The minimum Gasteiger partial charge on any atom is -0.347 e. The molecule has 88 valence electrons. The van der Waals surface area contributed by atoms with Gasteiger partial charge in [-0.2, -0.15) is 0 Å². The van der Waals surface area contributed by atoms with Crippen LogP contribution in [0.4, 0.5) is 0 Å². The largest absolute Gasteiger partial charge is 0.347 e. The second kappa shape index (κ2) is 5.36. The smallest absolute Gasteiger partial charge is 0.143 e. The number of hydrogen-bond donors (Lipinski definition) is 0. The van der Waals surface area contributed by atoms with E-state index >= 15 is 0 Å². The van der Waals surface area contributed by atoms with Crippen LogP contribution in [0.5, 0.6) is 0 Å². The van der Waals surface area contributed by atoms with Crippen LogP contribution < -0.4 is 0 Å². The van der Waals surface area contributed by atoms with E-state index in [4.69, 9.17) is 6.42 Å². The van der Waals surface area contributed by atoms with E-state index in [2.05, 4.69) is 10.5 Å². The molecule has 1 aromatic heterocycles. The first kappa shape index (κ1) is 13.1. The Morgan fingerprint density at radius 3 is 2.53 bits per heavy atom. The molecule has 2 nitrogen and oxygen atoms in total. The number of terminal acetylenes is 1. The average molecular weight is 227 g/mol. The Balaban J connectivity index is 3.22. The zero-order valence-corrected chi connectivity index (χ0v) is 10.7. The van der Waals surface area contributed by atoms with Gasteiger partial charge in [0.05, 0.1) is 0 Å². The monoisotopic (exact) mass is 227 g/mol. The summed E-state index contributed by atoms with van der Waals surface area (Å²) in [4.78, 5) is 10.3. The molecular formula is C15H17NO. The average Bonchev–Trinajstić information content (AvgIpc) is 2.49. The van der Waals surface area contributed by atoms with Gasteiger partial charge in [0, 0.05) is 24.0 Å². The molecule has 0 saturated carbocycles. The Morgan fingerprint density at radius 1 is 1.41 bits per heavy atom. The summed E-state index contributed by atoms with van der Waals surface area (Å²) in [5, 5.41) is 0. The van der Waals surface area contributed by atoms with Crippen LogP contribution in [0, 0.1) is 26.2 Å². The van der Waals surface area contributed by atoms with Gasteiger partial charge < -0.3 is 4.57 Å². The number of nitrogens with zero attached hydrogens (tertiary/aromatic N) is 1. The number of carbonyl (C=O) groups is 1. The molecule has 1 heterocycles. The first-order valence-corrected chi connectivity index (χ1v) is 5.45. The highest BCUT2D eigenvalue weighted by molar-refractivity contribution is 5.68. The molecule has 0 fully saturated rings. The Labute approximate surface area is 103 Å². The topological polar surface area (TPSA) is 22.0 Å². The molecule has 0 aliphatic heterocycles. The number of carbonyl (C=O) groups excluding carboxylic acids is 1. The first-order chi connectivity index (χ1) is 8.02. The van der Waals surface area contributed by atoms with E-state index in [1.807, 2.05) is 40.0 Å². The fourth-order valence-electron chi connectivity index (χ4n) is 1.82. The number of aldehydes is 1. The summed E-state index contributed by atoms with van der Waals surface area (Å²) in [6.45, 7) is 5.91. The number of aromatic nitrogens is 1. The van der Waals surface area contributed by atoms with Crippen LogP contribution in [-0.2, 0) is 11.8 Å². The van der Waals surface area contributed by atoms with Crippen molar-refractivity contribution in [2.75, 3.05) is 0 Å². The molecular weight excluding hydrogens is 210 g/mol. The minimum atomic E-state index is 0.787. The van der Waals surface area contributed by atoms with Crippen molar-refractivity contribution in [1.29, 1.82) is 0 Å². The second-order valence-corrected chi connectivity index (χ2v) is 4.05. The van der Waals surface area contributed by atoms with Crippen molar-refractivity contribution in [2.45, 2.75) is 20.8 Å². The van der Waals surface area contributed by atoms with Crippen molar-refractivity contribution < 1.29 is 4.79 Å². The third-order valence-corrected chi connectivity index (χ3v) is 2.96. The minimum absolute atomic E-state index is 0.787. The van der Waals surface area contributed by atoms with Crippen molar-refractivity contribution in [1.82, 2.24) is 4.57 Å². The normalized spacial score (nSPS) is 11.8. The van der Waals surface area contributed by atoms with Gasteiger partial charge in [0.25, 0.3) is 0 Å². The third-order valence-electron chi connectivity index (χ3n) is 2.96. The van der Waals surface area contributed by atoms with Gasteiger partial charge in [-0.25, -0.2) is 0 Å². The molecule has 0 aromatic carbocycles. The van der Waals surface area contributed by atoms with E-state index in [1.165, 1.54) is 6.08 Å². The van der Waals surface area contributed by atoms with E-state index in [1.54, 1.807) is 0 Å². The summed E-state index contributed by atoms with van der Waals surface area (Å²) in [6, 6.07) is 0. The lowest BCUT2D eigenvalue weighted by molar-refractivity contribution is -0.104. The summed E-state index contributed by atoms with van der Waals surface area (Å²) in [5.74, 6) is 2.71. The van der Waals surface area contributed by atoms with Crippen molar-refractivity contribution in [3.05, 3.63) is 40.2 Å². The zero-order chi connectivity index (χ0) is 13.0. The highest BCUT2D eigenvalue weighted by Gasteiger charge is 2.10. The molecule has 0 amide bonds. The van der Waals surface area contributed by atoms with Gasteiger partial charge in [-0.3, -0.25) is 4.79 Å². The molecule has 1 aromatic rings. The van der Waals surface area contributed by atoms with Crippen LogP contribution in [0.25, 0.3) is 6.08 Å². The fourth-order valence-corrected chi connectivity index (χ4v) is 1.82. The lowest BCUT2D eigenvalue weighted by Crippen LogP contribution is -1.93. The maximum Gasteiger partial charge on any atom is 0.143 e. The van der Waals surface area contributed by atoms with Crippen molar-refractivity contribution in [3.63, 3.8) is 0 Å². The predicted molar refractivity (Wildman–Crippen MR) is 71.7 cm³/mol. The molecule has 1 rings (SSSR count). The SMILES string of the molecule is C#Cc1c(C)c(/C=C/C(C)=C/C=O)n(C)c1C.